The molecule has 0 spiro atoms. The number of carbonyl (C=O) groups is 3. The minimum atomic E-state index is -0.438. The Morgan fingerprint density at radius 2 is 1.97 bits per heavy atom. The lowest BCUT2D eigenvalue weighted by Gasteiger charge is -2.29. The van der Waals surface area contributed by atoms with Gasteiger partial charge in [0.1, 0.15) is 12.3 Å². The van der Waals surface area contributed by atoms with E-state index in [1.54, 1.807) is 11.0 Å². The summed E-state index contributed by atoms with van der Waals surface area (Å²) >= 11 is 4.37. The van der Waals surface area contributed by atoms with Gasteiger partial charge in [0.25, 0.3) is 11.1 Å². The summed E-state index contributed by atoms with van der Waals surface area (Å²) in [6.45, 7) is 4.90. The van der Waals surface area contributed by atoms with Gasteiger partial charge < -0.3 is 9.64 Å². The van der Waals surface area contributed by atoms with E-state index in [4.69, 9.17) is 4.74 Å². The molecule has 172 valence electrons. The highest BCUT2D eigenvalue weighted by molar-refractivity contribution is 9.10. The monoisotopic (exact) mass is 528 g/mol. The number of nitrogens with zero attached hydrogens (tertiary/aromatic N) is 2. The molecule has 3 amide bonds. The second-order valence-electron chi connectivity index (χ2n) is 8.13. The largest absolute Gasteiger partial charge is 0.490 e. The van der Waals surface area contributed by atoms with Crippen LogP contribution in [0.4, 0.5) is 4.79 Å². The summed E-state index contributed by atoms with van der Waals surface area (Å²) in [5.41, 5.74) is 3.11. The average molecular weight is 529 g/mol. The molecule has 8 heteroatoms. The summed E-state index contributed by atoms with van der Waals surface area (Å²) in [6.07, 6.45) is 3.43. The molecule has 6 nitrogen and oxygen atoms in total. The Balaban J connectivity index is 1.43. The predicted octanol–water partition coefficient (Wildman–Crippen LogP) is 5.25. The zero-order valence-corrected chi connectivity index (χ0v) is 20.9. The van der Waals surface area contributed by atoms with Crippen molar-refractivity contribution in [3.05, 3.63) is 68.5 Å². The Morgan fingerprint density at radius 3 is 2.70 bits per heavy atom. The normalized spacial score (nSPS) is 18.0. The lowest BCUT2D eigenvalue weighted by Crippen LogP contribution is -2.44. The van der Waals surface area contributed by atoms with Crippen molar-refractivity contribution in [2.45, 2.75) is 39.3 Å². The average Bonchev–Trinajstić information content (AvgIpc) is 3.07. The van der Waals surface area contributed by atoms with Crippen molar-refractivity contribution in [1.29, 1.82) is 0 Å². The van der Waals surface area contributed by atoms with Gasteiger partial charge >= 0.3 is 0 Å². The maximum atomic E-state index is 12.9. The molecule has 0 N–H and O–H groups in total. The fourth-order valence-electron chi connectivity index (χ4n) is 3.73. The number of imide groups is 1. The van der Waals surface area contributed by atoms with Crippen LogP contribution in [0.5, 0.6) is 5.75 Å². The zero-order valence-electron chi connectivity index (χ0n) is 18.5. The van der Waals surface area contributed by atoms with Gasteiger partial charge in [0.15, 0.2) is 0 Å². The van der Waals surface area contributed by atoms with Crippen LogP contribution in [0.25, 0.3) is 6.08 Å². The van der Waals surface area contributed by atoms with Crippen LogP contribution in [0, 0.1) is 0 Å². The molecule has 0 saturated carbocycles. The van der Waals surface area contributed by atoms with Crippen molar-refractivity contribution in [3.63, 3.8) is 0 Å². The molecule has 2 aliphatic heterocycles. The summed E-state index contributed by atoms with van der Waals surface area (Å²) in [6, 6.07) is 13.6. The lowest BCUT2D eigenvalue weighted by atomic mass is 10.00. The maximum absolute atomic E-state index is 12.9. The van der Waals surface area contributed by atoms with E-state index in [1.807, 2.05) is 43.3 Å². The van der Waals surface area contributed by atoms with E-state index in [0.29, 0.717) is 18.0 Å². The quantitative estimate of drug-likeness (QED) is 0.479. The third-order valence-corrected chi connectivity index (χ3v) is 7.33. The first-order valence-corrected chi connectivity index (χ1v) is 12.5. The molecule has 1 fully saturated rings. The van der Waals surface area contributed by atoms with Crippen molar-refractivity contribution < 1.29 is 19.1 Å². The summed E-state index contributed by atoms with van der Waals surface area (Å²) in [5, 5.41) is -0.423. The molecule has 33 heavy (non-hydrogen) atoms. The number of benzene rings is 2. The number of amides is 3. The van der Waals surface area contributed by atoms with Gasteiger partial charge in [-0.1, -0.05) is 37.3 Å². The molecule has 1 saturated heterocycles. The molecule has 2 aromatic carbocycles. The molecule has 2 aromatic rings. The summed E-state index contributed by atoms with van der Waals surface area (Å²) in [4.78, 5) is 41.3. The van der Waals surface area contributed by atoms with Crippen molar-refractivity contribution in [2.24, 2.45) is 0 Å². The molecule has 2 aliphatic rings. The molecule has 0 bridgehead atoms. The van der Waals surface area contributed by atoms with Crippen molar-refractivity contribution in [1.82, 2.24) is 9.80 Å². The number of rotatable bonds is 6. The van der Waals surface area contributed by atoms with Crippen molar-refractivity contribution in [2.75, 3.05) is 13.1 Å². The number of hydrogen-bond donors (Lipinski definition) is 0. The van der Waals surface area contributed by atoms with Crippen LogP contribution >= 0.6 is 27.7 Å². The second kappa shape index (κ2) is 10.1. The van der Waals surface area contributed by atoms with Gasteiger partial charge in [-0.15, -0.1) is 0 Å². The SMILES string of the molecule is CC[C@@H](C)Oc1ccc(/C=C2\SC(=O)N(CC(=O)N3CCc4ccccc4C3)C2=O)cc1Br. The number of thioether (sulfide) groups is 1. The zero-order chi connectivity index (χ0) is 23.5. The summed E-state index contributed by atoms with van der Waals surface area (Å²) in [7, 11) is 0. The Labute approximate surface area is 206 Å². The smallest absolute Gasteiger partial charge is 0.294 e. The van der Waals surface area contributed by atoms with Crippen molar-refractivity contribution >= 4 is 50.8 Å². The molecule has 4 rings (SSSR count). The van der Waals surface area contributed by atoms with Crippen LogP contribution < -0.4 is 4.74 Å². The number of fused-ring (bicyclic) bond motifs is 1. The number of hydrogen-bond acceptors (Lipinski definition) is 5. The Bertz CT molecular complexity index is 1130. The fourth-order valence-corrected chi connectivity index (χ4v) is 5.06. The molecular weight excluding hydrogens is 504 g/mol. The lowest BCUT2D eigenvalue weighted by molar-refractivity contribution is -0.136. The first-order chi connectivity index (χ1) is 15.9. The number of ether oxygens (including phenoxy) is 1. The van der Waals surface area contributed by atoms with Crippen LogP contribution in [-0.2, 0) is 22.6 Å². The highest BCUT2D eigenvalue weighted by atomic mass is 79.9. The summed E-state index contributed by atoms with van der Waals surface area (Å²) < 4.78 is 6.63. The maximum Gasteiger partial charge on any atom is 0.294 e. The Hall–Kier alpha value is -2.58. The second-order valence-corrected chi connectivity index (χ2v) is 9.98. The standard InChI is InChI=1S/C25H25BrN2O4S/c1-3-16(2)32-21-9-8-17(12-20(21)26)13-22-24(30)28(25(31)33-22)15-23(29)27-11-10-18-6-4-5-7-19(18)14-27/h4-9,12-13,16H,3,10-11,14-15H2,1-2H3/b22-13-/t16-/m1/s1. The van der Waals surface area contributed by atoms with E-state index in [-0.39, 0.29) is 18.6 Å². The van der Waals surface area contributed by atoms with E-state index in [2.05, 4.69) is 28.9 Å². The van der Waals surface area contributed by atoms with Gasteiger partial charge in [0.2, 0.25) is 5.91 Å². The topological polar surface area (TPSA) is 66.9 Å². The van der Waals surface area contributed by atoms with E-state index in [9.17, 15) is 14.4 Å². The molecule has 1 atom stereocenters. The van der Waals surface area contributed by atoms with Gasteiger partial charge in [0.05, 0.1) is 15.5 Å². The van der Waals surface area contributed by atoms with Crippen LogP contribution in [0.15, 0.2) is 51.8 Å². The first-order valence-electron chi connectivity index (χ1n) is 10.9. The van der Waals surface area contributed by atoms with Crippen LogP contribution in [0.1, 0.15) is 37.0 Å². The molecule has 0 radical (unpaired) electrons. The van der Waals surface area contributed by atoms with Gasteiger partial charge in [-0.2, -0.15) is 0 Å². The highest BCUT2D eigenvalue weighted by Crippen LogP contribution is 2.34. The molecule has 2 heterocycles. The van der Waals surface area contributed by atoms with Crippen LogP contribution in [0.3, 0.4) is 0 Å². The number of carbonyl (C=O) groups excluding carboxylic acids is 3. The van der Waals surface area contributed by atoms with Gasteiger partial charge in [-0.25, -0.2) is 0 Å². The van der Waals surface area contributed by atoms with Crippen LogP contribution in [0.2, 0.25) is 0 Å². The molecule has 0 aliphatic carbocycles. The third kappa shape index (κ3) is 5.33. The van der Waals surface area contributed by atoms with E-state index >= 15 is 0 Å². The third-order valence-electron chi connectivity index (χ3n) is 5.81. The number of halogens is 1. The first kappa shape index (κ1) is 23.6. The fraction of sp³-hybridized carbons (Fsp3) is 0.320. The van der Waals surface area contributed by atoms with E-state index in [0.717, 1.165) is 50.9 Å². The minimum absolute atomic E-state index is 0.0922. The van der Waals surface area contributed by atoms with E-state index < -0.39 is 11.1 Å². The van der Waals surface area contributed by atoms with Crippen molar-refractivity contribution in [3.8, 4) is 5.75 Å². The highest BCUT2D eigenvalue weighted by Gasteiger charge is 2.37. The van der Waals surface area contributed by atoms with Gasteiger partial charge in [-0.05, 0) is 82.4 Å². The molecule has 0 aromatic heterocycles. The van der Waals surface area contributed by atoms with Gasteiger partial charge in [0, 0.05) is 13.1 Å². The van der Waals surface area contributed by atoms with E-state index in [1.165, 1.54) is 5.56 Å². The predicted molar refractivity (Wildman–Crippen MR) is 133 cm³/mol. The van der Waals surface area contributed by atoms with Gasteiger partial charge in [-0.3, -0.25) is 19.3 Å². The minimum Gasteiger partial charge on any atom is -0.490 e. The Morgan fingerprint density at radius 1 is 1.21 bits per heavy atom. The molecule has 0 unspecified atom stereocenters. The summed E-state index contributed by atoms with van der Waals surface area (Å²) in [5.74, 6) is 0.0671. The van der Waals surface area contributed by atoms with Crippen LogP contribution in [-0.4, -0.2) is 46.0 Å². The Kier molecular flexibility index (Phi) is 7.24. The molecular formula is C25H25BrN2O4S.